The number of amides is 1. The molecule has 3 N–H and O–H groups in total. The summed E-state index contributed by atoms with van der Waals surface area (Å²) in [4.78, 5) is 12.5. The van der Waals surface area contributed by atoms with Crippen LogP contribution in [0.25, 0.3) is 0 Å². The fourth-order valence-corrected chi connectivity index (χ4v) is 2.29. The number of aryl methyl sites for hydroxylation is 1. The molecule has 0 heterocycles. The SMILES string of the molecule is Cc1cc(C(=O)Nc2ccccc2Oc2ccccc2)ccc1N. The number of benzene rings is 3. The van der Waals surface area contributed by atoms with Crippen molar-refractivity contribution < 1.29 is 9.53 Å². The first-order chi connectivity index (χ1) is 11.6. The van der Waals surface area contributed by atoms with E-state index in [1.54, 1.807) is 24.3 Å². The van der Waals surface area contributed by atoms with Crippen LogP contribution in [-0.2, 0) is 0 Å². The van der Waals surface area contributed by atoms with E-state index in [-0.39, 0.29) is 5.91 Å². The minimum absolute atomic E-state index is 0.206. The lowest BCUT2D eigenvalue weighted by atomic mass is 10.1. The summed E-state index contributed by atoms with van der Waals surface area (Å²) in [6.45, 7) is 1.87. The number of nitrogens with one attached hydrogen (secondary N) is 1. The molecule has 0 aliphatic carbocycles. The first-order valence-electron chi connectivity index (χ1n) is 7.63. The normalized spacial score (nSPS) is 10.2. The van der Waals surface area contributed by atoms with Crippen molar-refractivity contribution in [2.45, 2.75) is 6.92 Å². The molecule has 0 fully saturated rings. The summed E-state index contributed by atoms with van der Waals surface area (Å²) in [5.74, 6) is 1.09. The zero-order chi connectivity index (χ0) is 16.9. The molecule has 0 aliphatic heterocycles. The Labute approximate surface area is 140 Å². The van der Waals surface area contributed by atoms with Gasteiger partial charge < -0.3 is 15.8 Å². The lowest BCUT2D eigenvalue weighted by Gasteiger charge is -2.12. The third-order valence-electron chi connectivity index (χ3n) is 3.64. The van der Waals surface area contributed by atoms with Gasteiger partial charge in [-0.25, -0.2) is 0 Å². The highest BCUT2D eigenvalue weighted by molar-refractivity contribution is 6.05. The molecule has 0 aromatic heterocycles. The number of hydrogen-bond donors (Lipinski definition) is 2. The van der Waals surface area contributed by atoms with E-state index in [0.717, 1.165) is 5.56 Å². The second kappa shape index (κ2) is 6.87. The molecule has 4 nitrogen and oxygen atoms in total. The lowest BCUT2D eigenvalue weighted by molar-refractivity contribution is 0.102. The van der Waals surface area contributed by atoms with Crippen LogP contribution < -0.4 is 15.8 Å². The van der Waals surface area contributed by atoms with E-state index in [1.165, 1.54) is 0 Å². The minimum atomic E-state index is -0.206. The number of para-hydroxylation sites is 3. The number of rotatable bonds is 4. The van der Waals surface area contributed by atoms with Crippen molar-refractivity contribution in [2.24, 2.45) is 0 Å². The predicted molar refractivity (Wildman–Crippen MR) is 96.5 cm³/mol. The molecule has 3 aromatic rings. The molecule has 3 aromatic carbocycles. The third-order valence-corrected chi connectivity index (χ3v) is 3.64. The maximum Gasteiger partial charge on any atom is 0.255 e. The van der Waals surface area contributed by atoms with Crippen LogP contribution >= 0.6 is 0 Å². The van der Waals surface area contributed by atoms with E-state index in [9.17, 15) is 4.79 Å². The maximum atomic E-state index is 12.5. The van der Waals surface area contributed by atoms with Crippen LogP contribution in [0.15, 0.2) is 72.8 Å². The van der Waals surface area contributed by atoms with E-state index < -0.39 is 0 Å². The first kappa shape index (κ1) is 15.6. The van der Waals surface area contributed by atoms with Crippen molar-refractivity contribution in [3.8, 4) is 11.5 Å². The monoisotopic (exact) mass is 318 g/mol. The highest BCUT2D eigenvalue weighted by Crippen LogP contribution is 2.29. The molecule has 3 rings (SSSR count). The summed E-state index contributed by atoms with van der Waals surface area (Å²) < 4.78 is 5.85. The standard InChI is InChI=1S/C20H18N2O2/c1-14-13-15(11-12-17(14)21)20(23)22-18-9-5-6-10-19(18)24-16-7-3-2-4-8-16/h2-13H,21H2,1H3,(H,22,23). The van der Waals surface area contributed by atoms with Gasteiger partial charge in [-0.05, 0) is 55.0 Å². The Morgan fingerprint density at radius 1 is 0.958 bits per heavy atom. The van der Waals surface area contributed by atoms with Gasteiger partial charge in [0.15, 0.2) is 5.75 Å². The van der Waals surface area contributed by atoms with Crippen LogP contribution in [-0.4, -0.2) is 5.91 Å². The molecule has 0 unspecified atom stereocenters. The first-order valence-corrected chi connectivity index (χ1v) is 7.63. The summed E-state index contributed by atoms with van der Waals surface area (Å²) in [6.07, 6.45) is 0. The highest BCUT2D eigenvalue weighted by atomic mass is 16.5. The van der Waals surface area contributed by atoms with Gasteiger partial charge in [0.1, 0.15) is 5.75 Å². The molecular weight excluding hydrogens is 300 g/mol. The molecule has 0 saturated carbocycles. The number of nitrogen functional groups attached to an aromatic ring is 1. The van der Waals surface area contributed by atoms with Crippen molar-refractivity contribution in [1.82, 2.24) is 0 Å². The number of hydrogen-bond acceptors (Lipinski definition) is 3. The summed E-state index contributed by atoms with van der Waals surface area (Å²) >= 11 is 0. The van der Waals surface area contributed by atoms with Gasteiger partial charge in [0, 0.05) is 11.3 Å². The molecule has 0 atom stereocenters. The number of carbonyl (C=O) groups excluding carboxylic acids is 1. The molecular formula is C20H18N2O2. The minimum Gasteiger partial charge on any atom is -0.455 e. The second-order valence-corrected chi connectivity index (χ2v) is 5.44. The number of nitrogens with two attached hydrogens (primary N) is 1. The van der Waals surface area contributed by atoms with Crippen LogP contribution in [0.3, 0.4) is 0 Å². The second-order valence-electron chi connectivity index (χ2n) is 5.44. The number of anilines is 2. The predicted octanol–water partition coefficient (Wildman–Crippen LogP) is 4.62. The average molecular weight is 318 g/mol. The Balaban J connectivity index is 1.82. The Morgan fingerprint density at radius 2 is 1.67 bits per heavy atom. The molecule has 120 valence electrons. The molecule has 1 amide bonds. The fourth-order valence-electron chi connectivity index (χ4n) is 2.29. The smallest absolute Gasteiger partial charge is 0.255 e. The van der Waals surface area contributed by atoms with E-state index in [2.05, 4.69) is 5.32 Å². The van der Waals surface area contributed by atoms with Gasteiger partial charge in [0.05, 0.1) is 5.69 Å². The fraction of sp³-hybridized carbons (Fsp3) is 0.0500. The Hall–Kier alpha value is -3.27. The molecule has 0 radical (unpaired) electrons. The largest absolute Gasteiger partial charge is 0.455 e. The van der Waals surface area contributed by atoms with Gasteiger partial charge in [-0.1, -0.05) is 30.3 Å². The van der Waals surface area contributed by atoms with E-state index in [0.29, 0.717) is 28.4 Å². The van der Waals surface area contributed by atoms with Crippen molar-refractivity contribution in [3.63, 3.8) is 0 Å². The Kier molecular flexibility index (Phi) is 4.47. The Bertz CT molecular complexity index is 861. The average Bonchev–Trinajstić information content (AvgIpc) is 2.60. The topological polar surface area (TPSA) is 64.3 Å². The van der Waals surface area contributed by atoms with Crippen LogP contribution in [0.1, 0.15) is 15.9 Å². The van der Waals surface area contributed by atoms with E-state index in [1.807, 2.05) is 55.5 Å². The molecule has 0 bridgehead atoms. The third kappa shape index (κ3) is 3.55. The molecule has 0 saturated heterocycles. The lowest BCUT2D eigenvalue weighted by Crippen LogP contribution is -2.13. The van der Waals surface area contributed by atoms with Crippen LogP contribution in [0.4, 0.5) is 11.4 Å². The molecule has 0 aliphatic rings. The van der Waals surface area contributed by atoms with Gasteiger partial charge in [-0.15, -0.1) is 0 Å². The van der Waals surface area contributed by atoms with Gasteiger partial charge in [-0.3, -0.25) is 4.79 Å². The zero-order valence-electron chi connectivity index (χ0n) is 13.3. The van der Waals surface area contributed by atoms with Gasteiger partial charge >= 0.3 is 0 Å². The number of carbonyl (C=O) groups is 1. The van der Waals surface area contributed by atoms with Crippen molar-refractivity contribution in [1.29, 1.82) is 0 Å². The molecule has 4 heteroatoms. The van der Waals surface area contributed by atoms with E-state index >= 15 is 0 Å². The van der Waals surface area contributed by atoms with Crippen molar-refractivity contribution in [2.75, 3.05) is 11.1 Å². The van der Waals surface area contributed by atoms with Gasteiger partial charge in [0.25, 0.3) is 5.91 Å². The van der Waals surface area contributed by atoms with E-state index in [4.69, 9.17) is 10.5 Å². The van der Waals surface area contributed by atoms with Gasteiger partial charge in [-0.2, -0.15) is 0 Å². The van der Waals surface area contributed by atoms with Crippen molar-refractivity contribution in [3.05, 3.63) is 83.9 Å². The summed E-state index contributed by atoms with van der Waals surface area (Å²) in [6, 6.07) is 22.0. The summed E-state index contributed by atoms with van der Waals surface area (Å²) in [7, 11) is 0. The van der Waals surface area contributed by atoms with Crippen LogP contribution in [0, 0.1) is 6.92 Å². The zero-order valence-corrected chi connectivity index (χ0v) is 13.3. The van der Waals surface area contributed by atoms with Crippen LogP contribution in [0.2, 0.25) is 0 Å². The van der Waals surface area contributed by atoms with Crippen molar-refractivity contribution >= 4 is 17.3 Å². The highest BCUT2D eigenvalue weighted by Gasteiger charge is 2.11. The summed E-state index contributed by atoms with van der Waals surface area (Å²) in [5.41, 5.74) is 8.50. The Morgan fingerprint density at radius 3 is 2.42 bits per heavy atom. The van der Waals surface area contributed by atoms with Gasteiger partial charge in [0.2, 0.25) is 0 Å². The maximum absolute atomic E-state index is 12.5. The quantitative estimate of drug-likeness (QED) is 0.690. The molecule has 0 spiro atoms. The van der Waals surface area contributed by atoms with Crippen LogP contribution in [0.5, 0.6) is 11.5 Å². The number of ether oxygens (including phenoxy) is 1. The summed E-state index contributed by atoms with van der Waals surface area (Å²) in [5, 5.41) is 2.89. The molecule has 24 heavy (non-hydrogen) atoms.